The number of esters is 4. The maximum atomic E-state index is 14.2. The molecular weight excluding hydrogens is 768 g/mol. The van der Waals surface area contributed by atoms with E-state index in [1.165, 1.54) is 31.2 Å². The van der Waals surface area contributed by atoms with Gasteiger partial charge in [0.15, 0.2) is 11.2 Å². The highest BCUT2D eigenvalue weighted by Crippen LogP contribution is 2.68. The Morgan fingerprint density at radius 1 is 1.00 bits per heavy atom. The zero-order valence-electron chi connectivity index (χ0n) is 32.0. The molecule has 2 bridgehead atoms. The molecule has 2 heterocycles. The number of benzene rings is 1. The van der Waals surface area contributed by atoms with E-state index in [1.54, 1.807) is 6.07 Å². The third-order valence-electron chi connectivity index (χ3n) is 12.2. The molecule has 0 amide bonds. The van der Waals surface area contributed by atoms with E-state index in [4.69, 9.17) is 23.7 Å². The predicted molar refractivity (Wildman–Crippen MR) is 192 cm³/mol. The van der Waals surface area contributed by atoms with Gasteiger partial charge in [-0.05, 0) is 84.0 Å². The van der Waals surface area contributed by atoms with E-state index in [0.717, 1.165) is 6.29 Å². The second-order valence-corrected chi connectivity index (χ2v) is 17.7. The van der Waals surface area contributed by atoms with Gasteiger partial charge in [-0.1, -0.05) is 43.3 Å². The number of ketones is 1. The normalized spacial score (nSPS) is 28.9. The summed E-state index contributed by atoms with van der Waals surface area (Å²) < 4.78 is 58.5. The molecule has 308 valence electrons. The summed E-state index contributed by atoms with van der Waals surface area (Å²) in [5.74, 6) is -6.03. The Morgan fingerprint density at radius 2 is 1.70 bits per heavy atom. The molecule has 0 unspecified atom stereocenters. The van der Waals surface area contributed by atoms with Crippen LogP contribution >= 0.6 is 0 Å². The number of aldehydes is 1. The molecule has 2 spiro atoms. The first-order valence-electron chi connectivity index (χ1n) is 19.0. The summed E-state index contributed by atoms with van der Waals surface area (Å²) in [6, 6.07) is 7.29. The number of cyclic esters (lactones) is 1. The number of fused-ring (bicyclic) bond motifs is 2. The van der Waals surface area contributed by atoms with E-state index in [2.05, 4.69) is 16.4 Å². The maximum Gasteiger partial charge on any atom is 0.404 e. The number of ether oxygens (including phenoxy) is 5. The number of aromatic nitrogens is 2. The first kappa shape index (κ1) is 41.5. The Balaban J connectivity index is 1.03. The van der Waals surface area contributed by atoms with Crippen LogP contribution in [0.15, 0.2) is 57.0 Å². The van der Waals surface area contributed by atoms with E-state index < -0.39 is 90.7 Å². The van der Waals surface area contributed by atoms with Crippen LogP contribution in [0.5, 0.6) is 5.88 Å². The van der Waals surface area contributed by atoms with E-state index in [-0.39, 0.29) is 60.0 Å². The van der Waals surface area contributed by atoms with Crippen LogP contribution in [0.2, 0.25) is 0 Å². The van der Waals surface area contributed by atoms with Crippen molar-refractivity contribution in [1.29, 1.82) is 0 Å². The largest absolute Gasteiger partial charge is 0.466 e. The van der Waals surface area contributed by atoms with Crippen LogP contribution in [-0.2, 0) is 57.6 Å². The average molecular weight is 816 g/mol. The van der Waals surface area contributed by atoms with Gasteiger partial charge < -0.3 is 28.5 Å². The Hall–Kier alpha value is -5.13. The molecule has 6 rings (SSSR count). The fourth-order valence-electron chi connectivity index (χ4n) is 9.60. The standard InChI is InChI=1S/C39H47N2O15S/c1-23-26-15-16-27-38(28(21-42)37(3,4)18-17-29(38)54-24(2)43)22-53-36(47)39(27,32(23)46)33(26)55-31(45)14-10-13-30(44)51-19-8-9-20-52-34-35(41(48)56-40-34)57(49,50)25-11-6-5-7-12-25/h5-7,11-12,21,26-29,33,40H,1,8-10,13-20,22H2,2-4H3/q+1/t26-,27-,28+,29-,33+,38-,39-/m0/s1. The monoisotopic (exact) mass is 815 g/mol. The molecule has 0 radical (unpaired) electrons. The SMILES string of the molecule is C=C1C(=O)[C@@]23C(=O)OC[C@]4([C@@H](OC(C)=O)CCC(C)(C)[C@H]4C=O)[C@@H]2CC[C@@H]1[C@H]3OC(=O)CCCC(=O)OCCCCOc1[nH]o[n+](=O)c1S(=O)(=O)c1ccccc1. The molecule has 4 fully saturated rings. The molecule has 1 aromatic heterocycles. The van der Waals surface area contributed by atoms with Gasteiger partial charge in [-0.25, -0.2) is 8.42 Å². The minimum Gasteiger partial charge on any atom is -0.466 e. The number of rotatable bonds is 15. The molecule has 17 nitrogen and oxygen atoms in total. The van der Waals surface area contributed by atoms with Crippen LogP contribution in [0, 0.1) is 38.9 Å². The van der Waals surface area contributed by atoms with Gasteiger partial charge in [-0.2, -0.15) is 0 Å². The van der Waals surface area contributed by atoms with Crippen LogP contribution in [-0.4, -0.2) is 81.5 Å². The van der Waals surface area contributed by atoms with Gasteiger partial charge in [-0.3, -0.25) is 24.0 Å². The van der Waals surface area contributed by atoms with Crippen LogP contribution in [0.25, 0.3) is 0 Å². The first-order chi connectivity index (χ1) is 27.0. The summed E-state index contributed by atoms with van der Waals surface area (Å²) in [6.45, 7) is 8.80. The van der Waals surface area contributed by atoms with Crippen LogP contribution in [0.1, 0.15) is 78.6 Å². The summed E-state index contributed by atoms with van der Waals surface area (Å²) in [5.41, 5.74) is -3.69. The van der Waals surface area contributed by atoms with E-state index in [0.29, 0.717) is 38.5 Å². The zero-order valence-corrected chi connectivity index (χ0v) is 32.8. The highest BCUT2D eigenvalue weighted by atomic mass is 32.2. The van der Waals surface area contributed by atoms with E-state index in [1.807, 2.05) is 13.8 Å². The number of carbonyl (C=O) groups excluding carboxylic acids is 6. The summed E-state index contributed by atoms with van der Waals surface area (Å²) in [6.07, 6.45) is 0.590. The van der Waals surface area contributed by atoms with Crippen molar-refractivity contribution in [3.63, 3.8) is 0 Å². The van der Waals surface area contributed by atoms with Crippen molar-refractivity contribution in [2.75, 3.05) is 19.8 Å². The number of unbranched alkanes of at least 4 members (excludes halogenated alkanes) is 1. The van der Waals surface area contributed by atoms with Gasteiger partial charge in [0.2, 0.25) is 4.60 Å². The number of sulfone groups is 1. The van der Waals surface area contributed by atoms with Gasteiger partial charge in [0.25, 0.3) is 9.84 Å². The molecule has 1 N–H and O–H groups in total. The highest BCUT2D eigenvalue weighted by Gasteiger charge is 2.79. The Labute approximate surface area is 328 Å². The number of aromatic amines is 1. The third-order valence-corrected chi connectivity index (χ3v) is 13.9. The number of hydrogen-bond acceptors (Lipinski definition) is 15. The minimum atomic E-state index is -4.24. The van der Waals surface area contributed by atoms with Gasteiger partial charge in [0, 0.05) is 31.6 Å². The molecule has 3 aliphatic carbocycles. The lowest BCUT2D eigenvalue weighted by atomic mass is 9.43. The molecule has 1 saturated heterocycles. The summed E-state index contributed by atoms with van der Waals surface area (Å²) in [7, 11) is -4.24. The quantitative estimate of drug-likeness (QED) is 0.0678. The Bertz CT molecular complexity index is 2110. The van der Waals surface area contributed by atoms with Gasteiger partial charge in [0.1, 0.15) is 25.1 Å². The average Bonchev–Trinajstić information content (AvgIpc) is 3.59. The van der Waals surface area contributed by atoms with Crippen molar-refractivity contribution in [1.82, 2.24) is 5.16 Å². The molecule has 18 heteroatoms. The lowest BCUT2D eigenvalue weighted by Crippen LogP contribution is -2.71. The summed E-state index contributed by atoms with van der Waals surface area (Å²) in [4.78, 5) is 91.2. The fourth-order valence-corrected chi connectivity index (χ4v) is 10.9. The van der Waals surface area contributed by atoms with Crippen molar-refractivity contribution < 1.29 is 70.1 Å². The second-order valence-electron chi connectivity index (χ2n) is 15.8. The van der Waals surface area contributed by atoms with E-state index >= 15 is 0 Å². The molecular formula is C39H47N2O15S+. The van der Waals surface area contributed by atoms with E-state index in [9.17, 15) is 42.1 Å². The van der Waals surface area contributed by atoms with Crippen LogP contribution < -0.4 is 9.34 Å². The van der Waals surface area contributed by atoms with Crippen molar-refractivity contribution in [3.05, 3.63) is 47.4 Å². The number of carbonyl (C=O) groups is 6. The lowest BCUT2D eigenvalue weighted by Gasteiger charge is -2.62. The molecule has 1 aromatic carbocycles. The molecule has 2 aromatic rings. The third kappa shape index (κ3) is 7.20. The smallest absolute Gasteiger partial charge is 0.404 e. The van der Waals surface area contributed by atoms with Crippen molar-refractivity contribution in [3.8, 4) is 5.88 Å². The summed E-state index contributed by atoms with van der Waals surface area (Å²) >= 11 is 0. The predicted octanol–water partition coefficient (Wildman–Crippen LogP) is 3.40. The molecule has 1 aliphatic heterocycles. The minimum absolute atomic E-state index is 0.00681. The lowest BCUT2D eigenvalue weighted by molar-refractivity contribution is -0.744. The molecule has 7 atom stereocenters. The zero-order chi connectivity index (χ0) is 41.3. The topological polar surface area (TPSA) is 235 Å². The van der Waals surface area contributed by atoms with Crippen LogP contribution in [0.4, 0.5) is 0 Å². The summed E-state index contributed by atoms with van der Waals surface area (Å²) in [5, 5.41) is 1.42. The van der Waals surface area contributed by atoms with Gasteiger partial charge >= 0.3 is 34.8 Å². The maximum absolute atomic E-state index is 14.2. The number of nitrogens with zero attached hydrogens (tertiary/aromatic N) is 1. The second kappa shape index (κ2) is 16.0. The molecule has 4 aliphatic rings. The van der Waals surface area contributed by atoms with Crippen molar-refractivity contribution >= 4 is 45.8 Å². The highest BCUT2D eigenvalue weighted by molar-refractivity contribution is 7.91. The number of hydrogen-bond donors (Lipinski definition) is 1. The van der Waals surface area contributed by atoms with Gasteiger partial charge in [0.05, 0.1) is 23.5 Å². The molecule has 57 heavy (non-hydrogen) atoms. The van der Waals surface area contributed by atoms with Crippen molar-refractivity contribution in [2.45, 2.75) is 101 Å². The van der Waals surface area contributed by atoms with Crippen molar-refractivity contribution in [2.24, 2.45) is 34.0 Å². The van der Waals surface area contributed by atoms with Gasteiger partial charge in [-0.15, -0.1) is 0 Å². The van der Waals surface area contributed by atoms with Crippen LogP contribution in [0.3, 0.4) is 0 Å². The number of nitrogens with one attached hydrogen (secondary N) is 1. The number of Topliss-reactive ketones (excluding diaryl/α,β-unsaturated/α-hetero) is 1. The molecule has 3 saturated carbocycles. The number of H-pyrrole nitrogens is 1. The Morgan fingerprint density at radius 3 is 2.40 bits per heavy atom. The fraction of sp³-hybridized carbons (Fsp3) is 0.590. The Kier molecular flexibility index (Phi) is 11.7. The first-order valence-corrected chi connectivity index (χ1v) is 20.5.